The molecule has 6 aliphatic heterocycles. The van der Waals surface area contributed by atoms with E-state index in [9.17, 15) is 4.79 Å². The predicted octanol–water partition coefficient (Wildman–Crippen LogP) is 9.57. The zero-order valence-electron chi connectivity index (χ0n) is 36.0. The number of carbonyl (C=O) groups is 1. The molecule has 60 heavy (non-hydrogen) atoms. The highest BCUT2D eigenvalue weighted by Crippen LogP contribution is 2.64. The largest absolute Gasteiger partial charge is 0.482 e. The minimum Gasteiger partial charge on any atom is -0.462 e. The first-order chi connectivity index (χ1) is 28.9. The molecule has 4 atom stereocenters. The average Bonchev–Trinajstić information content (AvgIpc) is 4.04. The van der Waals surface area contributed by atoms with E-state index in [-0.39, 0.29) is 39.9 Å². The van der Waals surface area contributed by atoms with E-state index in [0.717, 1.165) is 154 Å². The summed E-state index contributed by atoms with van der Waals surface area (Å²) in [5.41, 5.74) is 0.394. The minimum absolute atomic E-state index is 0.00934. The van der Waals surface area contributed by atoms with Crippen LogP contribution in [0.4, 0.5) is 0 Å². The highest BCUT2D eigenvalue weighted by Gasteiger charge is 2.87. The molecule has 12 aliphatic rings. The Morgan fingerprint density at radius 3 is 1.00 bits per heavy atom. The van der Waals surface area contributed by atoms with Gasteiger partial charge in [0, 0.05) is 51.4 Å². The summed E-state index contributed by atoms with van der Waals surface area (Å²) in [4.78, 5) is 12.7. The number of esters is 1. The van der Waals surface area contributed by atoms with Crippen molar-refractivity contribution in [1.29, 1.82) is 0 Å². The number of rotatable bonds is 11. The van der Waals surface area contributed by atoms with Gasteiger partial charge in [-0.25, -0.2) is 4.79 Å². The molecule has 6 saturated heterocycles. The van der Waals surface area contributed by atoms with Crippen LogP contribution in [0.1, 0.15) is 167 Å². The summed E-state index contributed by atoms with van der Waals surface area (Å²) in [7, 11) is -31.5. The van der Waals surface area contributed by atoms with E-state index in [4.69, 9.17) is 54.1 Å². The molecule has 336 valence electrons. The molecule has 6 saturated carbocycles. The van der Waals surface area contributed by atoms with Crippen molar-refractivity contribution in [2.75, 3.05) is 6.61 Å². The summed E-state index contributed by atoms with van der Waals surface area (Å²) in [6.07, 6.45) is 24.4. The molecule has 0 amide bonds. The van der Waals surface area contributed by atoms with Crippen molar-refractivity contribution in [2.45, 2.75) is 213 Å². The van der Waals surface area contributed by atoms with Gasteiger partial charge in [-0.2, -0.15) is 0 Å². The molecule has 8 bridgehead atoms. The lowest BCUT2D eigenvalue weighted by Crippen LogP contribution is -2.90. The van der Waals surface area contributed by atoms with Crippen LogP contribution < -0.4 is 0 Å². The predicted molar refractivity (Wildman–Crippen MR) is 233 cm³/mol. The quantitative estimate of drug-likeness (QED) is 0.0841. The summed E-state index contributed by atoms with van der Waals surface area (Å²) in [6, 6.07) is 0.339. The Balaban J connectivity index is 1.17. The van der Waals surface area contributed by atoms with Gasteiger partial charge in [-0.05, 0) is 90.4 Å². The minimum atomic E-state index is -4.03. The van der Waals surface area contributed by atoms with E-state index in [1.165, 1.54) is 0 Å². The Morgan fingerprint density at radius 1 is 0.450 bits per heavy atom. The van der Waals surface area contributed by atoms with Gasteiger partial charge in [-0.1, -0.05) is 83.6 Å². The third-order valence-corrected chi connectivity index (χ3v) is 55.0. The van der Waals surface area contributed by atoms with Crippen molar-refractivity contribution < 1.29 is 58.9 Å². The molecule has 6 heterocycles. The van der Waals surface area contributed by atoms with Crippen LogP contribution in [-0.4, -0.2) is 83.0 Å². The highest BCUT2D eigenvalue weighted by atomic mass is 28.6. The van der Waals surface area contributed by atoms with E-state index in [2.05, 4.69) is 6.58 Å². The first-order valence-corrected chi connectivity index (χ1v) is 39.2. The average molecular weight is 974 g/mol. The van der Waals surface area contributed by atoms with Crippen molar-refractivity contribution in [3.05, 3.63) is 12.2 Å². The number of hydrogen-bond acceptors (Lipinski definition) is 14. The number of ether oxygens (including phenoxy) is 1. The fourth-order valence-corrected chi connectivity index (χ4v) is 67.5. The summed E-state index contributed by atoms with van der Waals surface area (Å²) in [5.74, 6) is -0.417. The lowest BCUT2D eigenvalue weighted by atomic mass is 10.4. The first-order valence-electron chi connectivity index (χ1n) is 24.2. The fourth-order valence-electron chi connectivity index (χ4n) is 13.0. The maximum atomic E-state index is 12.7. The van der Waals surface area contributed by atoms with Gasteiger partial charge in [-0.3, -0.25) is 0 Å². The van der Waals surface area contributed by atoms with Gasteiger partial charge < -0.3 is 54.1 Å². The lowest BCUT2D eigenvalue weighted by Gasteiger charge is -2.66. The van der Waals surface area contributed by atoms with Crippen LogP contribution in [0.5, 0.6) is 0 Å². The van der Waals surface area contributed by atoms with Crippen LogP contribution in [0.15, 0.2) is 12.2 Å². The molecule has 14 nitrogen and oxygen atoms in total. The normalized spacial score (nSPS) is 46.9. The first kappa shape index (κ1) is 43.1. The number of hydrogen-bond donors (Lipinski definition) is 0. The molecular weight excluding hydrogens is 905 g/mol. The zero-order chi connectivity index (χ0) is 40.9. The Bertz CT molecular complexity index is 1580. The second kappa shape index (κ2) is 16.1. The van der Waals surface area contributed by atoms with Crippen LogP contribution in [0.25, 0.3) is 0 Å². The van der Waals surface area contributed by atoms with Crippen molar-refractivity contribution in [3.8, 4) is 0 Å². The van der Waals surface area contributed by atoms with E-state index in [0.29, 0.717) is 18.0 Å². The van der Waals surface area contributed by atoms with Crippen molar-refractivity contribution in [2.24, 2.45) is 0 Å². The van der Waals surface area contributed by atoms with Crippen LogP contribution in [0, 0.1) is 0 Å². The van der Waals surface area contributed by atoms with Crippen LogP contribution in [-0.2, 0) is 58.9 Å². The molecule has 0 aromatic heterocycles. The van der Waals surface area contributed by atoms with Gasteiger partial charge in [-0.15, -0.1) is 0 Å². The molecule has 0 aromatic rings. The molecular formula is C38H68O14Si8. The Kier molecular flexibility index (Phi) is 11.5. The fraction of sp³-hybridized carbons (Fsp3) is 0.921. The number of carbonyl (C=O) groups excluding carboxylic acids is 1. The Labute approximate surface area is 365 Å². The smallest absolute Gasteiger partial charge is 0.462 e. The summed E-state index contributed by atoms with van der Waals surface area (Å²) < 4.78 is 103. The molecule has 6 aliphatic carbocycles. The van der Waals surface area contributed by atoms with Gasteiger partial charge in [0.1, 0.15) is 0 Å². The highest BCUT2D eigenvalue weighted by molar-refractivity contribution is 7.04. The van der Waals surface area contributed by atoms with Gasteiger partial charge in [0.2, 0.25) is 0 Å². The van der Waals surface area contributed by atoms with E-state index in [1.807, 2.05) is 6.55 Å². The van der Waals surface area contributed by atoms with Gasteiger partial charge in [0.05, 0.1) is 6.61 Å². The van der Waals surface area contributed by atoms with Crippen LogP contribution in [0.3, 0.4) is 0 Å². The topological polar surface area (TPSA) is 137 Å². The third kappa shape index (κ3) is 7.31. The third-order valence-electron chi connectivity index (χ3n) is 15.9. The zero-order valence-corrected chi connectivity index (χ0v) is 44.0. The van der Waals surface area contributed by atoms with Crippen LogP contribution >= 0.6 is 0 Å². The van der Waals surface area contributed by atoms with E-state index in [1.54, 1.807) is 6.92 Å². The SMILES string of the molecule is C=C(C)C(=O)OCCC[Si]12O[Si]3(C)O[Si]4(C5CCCC5)O[Si](C5CCCC5)(O1)O[Si]1(C5CCCC5)O[Si](C5CCCC5)(O2)O[Si](C2CCCC2)(O3)O[Si](C2CCCC2)(O4)O1. The maximum absolute atomic E-state index is 12.7. The molecule has 12 fully saturated rings. The molecule has 4 unspecified atom stereocenters. The monoisotopic (exact) mass is 972 g/mol. The molecule has 0 spiro atoms. The standard InChI is InChI=1S/C38H68O14Si8/c1-31(2)38(39)40-29-16-30-54-41-53(3)42-55(32-17-4-5-18-32)46-57(44-54,34-21-8-9-22-34)50-60(37-27-14-15-28-37)51-58(45-54,35-23-10-11-24-35)47-56(43-53,33-19-6-7-20-33)49-59(48-55,52-60)36-25-12-13-26-36/h32-37H,1,4-30H2,2-3H3. The molecule has 0 aromatic carbocycles. The second-order valence-electron chi connectivity index (χ2n) is 20.3. The molecule has 12 rings (SSSR count). The van der Waals surface area contributed by atoms with Gasteiger partial charge >= 0.3 is 76.4 Å². The Hall–Kier alpha value is 0.465. The van der Waals surface area contributed by atoms with Crippen molar-refractivity contribution >= 4 is 76.4 Å². The van der Waals surface area contributed by atoms with Crippen molar-refractivity contribution in [3.63, 3.8) is 0 Å². The Morgan fingerprint density at radius 2 is 0.717 bits per heavy atom. The summed E-state index contributed by atoms with van der Waals surface area (Å²) >= 11 is 0. The second-order valence-corrected chi connectivity index (χ2v) is 45.8. The van der Waals surface area contributed by atoms with Gasteiger partial charge in [0.25, 0.3) is 0 Å². The molecule has 22 heteroatoms. The van der Waals surface area contributed by atoms with Crippen molar-refractivity contribution in [1.82, 2.24) is 0 Å². The van der Waals surface area contributed by atoms with Gasteiger partial charge in [0.15, 0.2) is 0 Å². The van der Waals surface area contributed by atoms with E-state index < -0.39 is 76.4 Å². The molecule has 0 N–H and O–H groups in total. The summed E-state index contributed by atoms with van der Waals surface area (Å²) in [5, 5.41) is 0. The summed E-state index contributed by atoms with van der Waals surface area (Å²) in [6.45, 7) is 7.66. The lowest BCUT2D eigenvalue weighted by molar-refractivity contribution is -0.139. The molecule has 0 radical (unpaired) electrons. The maximum Gasteiger partial charge on any atom is 0.482 e. The van der Waals surface area contributed by atoms with Crippen LogP contribution in [0.2, 0.25) is 45.8 Å². The van der Waals surface area contributed by atoms with E-state index >= 15 is 0 Å².